The van der Waals surface area contributed by atoms with E-state index in [0.29, 0.717) is 59.3 Å². The van der Waals surface area contributed by atoms with Crippen LogP contribution in [0, 0.1) is 40.4 Å². The van der Waals surface area contributed by atoms with Gasteiger partial charge in [0.15, 0.2) is 0 Å². The van der Waals surface area contributed by atoms with E-state index in [1.807, 2.05) is 31.2 Å². The largest absolute Gasteiger partial charge is 0.490 e. The summed E-state index contributed by atoms with van der Waals surface area (Å²) in [7, 11) is 0. The molecule has 0 amide bonds. The minimum absolute atomic E-state index is 0.0690. The van der Waals surface area contributed by atoms with Crippen molar-refractivity contribution >= 4 is 18.2 Å². The zero-order chi connectivity index (χ0) is 56.3. The fraction of sp³-hybridized carbons (Fsp3) is 0.571. The Morgan fingerprint density at radius 1 is 0.597 bits per heavy atom. The Bertz CT molecular complexity index is 2560. The smallest absolute Gasteiger partial charge is 0.419 e. The van der Waals surface area contributed by atoms with E-state index in [-0.39, 0.29) is 58.4 Å². The maximum atomic E-state index is 14.1. The number of rotatable bonds is 13. The summed E-state index contributed by atoms with van der Waals surface area (Å²) in [5.74, 6) is 0.365. The average molecular weight is 1080 g/mol. The van der Waals surface area contributed by atoms with Gasteiger partial charge in [-0.15, -0.1) is 0 Å². The average Bonchev–Trinajstić information content (AvgIpc) is 4.06. The van der Waals surface area contributed by atoms with E-state index in [4.69, 9.17) is 19.9 Å². The van der Waals surface area contributed by atoms with Gasteiger partial charge in [-0.05, 0) is 196 Å². The minimum Gasteiger partial charge on any atom is -0.490 e. The Balaban J connectivity index is 0.000000212. The van der Waals surface area contributed by atoms with Crippen LogP contribution < -0.4 is 15.2 Å². The Morgan fingerprint density at radius 3 is 1.51 bits per heavy atom. The zero-order valence-electron chi connectivity index (χ0n) is 46.0. The zero-order valence-corrected chi connectivity index (χ0v) is 46.0. The number of hydrogen-bond donors (Lipinski definition) is 2. The summed E-state index contributed by atoms with van der Waals surface area (Å²) in [6.45, 7) is 15.6. The van der Waals surface area contributed by atoms with Gasteiger partial charge >= 0.3 is 24.3 Å². The number of ether oxygens (including phenoxy) is 3. The van der Waals surface area contributed by atoms with E-state index < -0.39 is 29.4 Å². The van der Waals surface area contributed by atoms with E-state index in [0.717, 1.165) is 114 Å². The fourth-order valence-corrected chi connectivity index (χ4v) is 11.6. The Morgan fingerprint density at radius 2 is 1.08 bits per heavy atom. The van der Waals surface area contributed by atoms with Crippen LogP contribution in [0.25, 0.3) is 22.3 Å². The first-order valence-corrected chi connectivity index (χ1v) is 27.8. The minimum atomic E-state index is -4.52. The third kappa shape index (κ3) is 17.8. The molecule has 4 saturated carbocycles. The van der Waals surface area contributed by atoms with Crippen molar-refractivity contribution in [2.75, 3.05) is 6.61 Å². The first-order chi connectivity index (χ1) is 36.2. The van der Waals surface area contributed by atoms with Gasteiger partial charge in [0, 0.05) is 11.6 Å². The second kappa shape index (κ2) is 26.5. The molecule has 4 atom stereocenters. The lowest BCUT2D eigenvalue weighted by molar-refractivity contribution is -0.148. The SMILES string of the molecule is CC(C)(C)C1CCC(Oc2ccc(-c3cccc(C=O)c3)cc2C(F)(F)F)CC1.CC(C)(C)C1CCC(Oc2ccc(-c3cccc(CCC4CCC(C(=O)O)C4)c3)cc2C(F)(F)F)CC1.CCOC(=O)C1CCC(N)C1. The summed E-state index contributed by atoms with van der Waals surface area (Å²) in [5, 5.41) is 9.22. The van der Waals surface area contributed by atoms with Crippen molar-refractivity contribution in [3.05, 3.63) is 107 Å². The Kier molecular flexibility index (Phi) is 21.0. The van der Waals surface area contributed by atoms with Crippen LogP contribution in [-0.2, 0) is 33.1 Å². The number of aldehydes is 1. The monoisotopic (exact) mass is 1080 g/mol. The molecule has 4 unspecified atom stereocenters. The summed E-state index contributed by atoms with van der Waals surface area (Å²) in [6, 6.07) is 23.0. The van der Waals surface area contributed by atoms with E-state index in [1.54, 1.807) is 36.4 Å². The van der Waals surface area contributed by atoms with E-state index in [1.165, 1.54) is 18.2 Å². The molecule has 8 nitrogen and oxygen atoms in total. The number of aliphatic carboxylic acids is 1. The number of esters is 1. The molecule has 0 heterocycles. The van der Waals surface area contributed by atoms with Crippen molar-refractivity contribution in [2.45, 2.75) is 182 Å². The molecule has 14 heteroatoms. The fourth-order valence-electron chi connectivity index (χ4n) is 11.6. The summed E-state index contributed by atoms with van der Waals surface area (Å²) >= 11 is 0. The number of benzene rings is 4. The van der Waals surface area contributed by atoms with Gasteiger partial charge in [0.1, 0.15) is 17.8 Å². The van der Waals surface area contributed by atoms with Crippen LogP contribution in [0.15, 0.2) is 84.9 Å². The van der Waals surface area contributed by atoms with Crippen molar-refractivity contribution in [3.63, 3.8) is 0 Å². The van der Waals surface area contributed by atoms with Gasteiger partial charge < -0.3 is 25.1 Å². The van der Waals surface area contributed by atoms with Gasteiger partial charge in [-0.3, -0.25) is 14.4 Å². The number of halogens is 6. The molecule has 4 aliphatic carbocycles. The van der Waals surface area contributed by atoms with Crippen molar-refractivity contribution in [3.8, 4) is 33.8 Å². The number of nitrogens with two attached hydrogens (primary N) is 1. The van der Waals surface area contributed by atoms with Crippen molar-refractivity contribution in [1.29, 1.82) is 0 Å². The van der Waals surface area contributed by atoms with Crippen LogP contribution in [-0.4, -0.2) is 48.2 Å². The lowest BCUT2D eigenvalue weighted by atomic mass is 9.72. The number of carbonyl (C=O) groups is 3. The molecule has 8 rings (SSSR count). The highest BCUT2D eigenvalue weighted by Gasteiger charge is 2.39. The highest BCUT2D eigenvalue weighted by Crippen LogP contribution is 2.45. The van der Waals surface area contributed by atoms with Gasteiger partial charge in [-0.25, -0.2) is 0 Å². The Hall–Kier alpha value is -5.37. The van der Waals surface area contributed by atoms with Crippen molar-refractivity contribution in [2.24, 2.45) is 46.2 Å². The van der Waals surface area contributed by atoms with Gasteiger partial charge in [0.05, 0.1) is 41.8 Å². The van der Waals surface area contributed by atoms with Crippen LogP contribution in [0.3, 0.4) is 0 Å². The van der Waals surface area contributed by atoms with E-state index in [2.05, 4.69) is 41.5 Å². The third-order valence-electron chi connectivity index (χ3n) is 16.4. The predicted octanol–water partition coefficient (Wildman–Crippen LogP) is 16.6. The molecular weight excluding hydrogens is 997 g/mol. The van der Waals surface area contributed by atoms with Gasteiger partial charge in [0.25, 0.3) is 0 Å². The van der Waals surface area contributed by atoms with Crippen LogP contribution in [0.1, 0.15) is 172 Å². The highest BCUT2D eigenvalue weighted by atomic mass is 19.4. The molecule has 422 valence electrons. The number of alkyl halides is 6. The molecule has 0 spiro atoms. The van der Waals surface area contributed by atoms with Gasteiger partial charge in [-0.1, -0.05) is 96.1 Å². The van der Waals surface area contributed by atoms with Crippen LogP contribution in [0.4, 0.5) is 26.3 Å². The lowest BCUT2D eigenvalue weighted by Gasteiger charge is -2.37. The topological polar surface area (TPSA) is 125 Å². The van der Waals surface area contributed by atoms with Gasteiger partial charge in [0.2, 0.25) is 0 Å². The van der Waals surface area contributed by atoms with Gasteiger partial charge in [-0.2, -0.15) is 26.3 Å². The molecule has 77 heavy (non-hydrogen) atoms. The predicted molar refractivity (Wildman–Crippen MR) is 290 cm³/mol. The maximum Gasteiger partial charge on any atom is 0.419 e. The third-order valence-corrected chi connectivity index (χ3v) is 16.4. The normalized spacial score (nSPS) is 23.9. The molecule has 0 aromatic heterocycles. The molecule has 4 aromatic rings. The van der Waals surface area contributed by atoms with Crippen LogP contribution >= 0.6 is 0 Å². The second-order valence-corrected chi connectivity index (χ2v) is 24.1. The molecule has 4 aliphatic rings. The second-order valence-electron chi connectivity index (χ2n) is 24.1. The molecule has 4 fully saturated rings. The maximum absolute atomic E-state index is 14.1. The Labute approximate surface area is 452 Å². The molecule has 3 N–H and O–H groups in total. The first-order valence-electron chi connectivity index (χ1n) is 27.8. The summed E-state index contributed by atoms with van der Waals surface area (Å²) in [6.07, 6.45) is 4.94. The molecule has 0 bridgehead atoms. The number of carbonyl (C=O) groups excluding carboxylic acids is 2. The number of hydrogen-bond acceptors (Lipinski definition) is 7. The summed E-state index contributed by atoms with van der Waals surface area (Å²) in [4.78, 5) is 33.3. The summed E-state index contributed by atoms with van der Waals surface area (Å²) in [5.41, 5.74) is 8.28. The molecule has 0 radical (unpaired) electrons. The molecule has 0 saturated heterocycles. The van der Waals surface area contributed by atoms with Crippen LogP contribution in [0.5, 0.6) is 11.5 Å². The molecule has 0 aliphatic heterocycles. The molecule has 4 aromatic carbocycles. The van der Waals surface area contributed by atoms with Crippen molar-refractivity contribution < 1.29 is 60.0 Å². The molecular formula is C63H81F6NO7. The van der Waals surface area contributed by atoms with E-state index in [9.17, 15) is 45.8 Å². The number of carboxylic acids is 1. The number of aryl methyl sites for hydroxylation is 1. The van der Waals surface area contributed by atoms with Crippen LogP contribution in [0.2, 0.25) is 0 Å². The number of carboxylic acid groups (broad SMARTS) is 1. The quantitative estimate of drug-likeness (QED) is 0.0770. The first kappa shape index (κ1) is 60.9. The van der Waals surface area contributed by atoms with E-state index >= 15 is 0 Å². The lowest BCUT2D eigenvalue weighted by Crippen LogP contribution is -2.30. The standard InChI is InChI=1S/C31H39F3O3.C24H27F3O2.C8H15NO2/c1-30(2,3)25-12-14-26(15-13-25)37-28-16-11-23(19-27(28)31(32,33)34)22-6-4-5-20(17-22)7-8-21-9-10-24(18-21)29(35)36;1-23(2,3)19-8-10-20(11-9-19)29-22-12-7-18(14-21(22)24(25,26)27)17-6-4-5-16(13-17)15-28;1-2-11-8(10)6-3-4-7(9)5-6/h4-6,11,16-17,19,21,24-26H,7-10,12-15,18H2,1-3H3,(H,35,36);4-7,12-15,19-20H,8-11H2,1-3H3;6-7H,2-5,9H2,1H3. The van der Waals surface area contributed by atoms with Crippen molar-refractivity contribution in [1.82, 2.24) is 0 Å². The highest BCUT2D eigenvalue weighted by molar-refractivity contribution is 5.79. The summed E-state index contributed by atoms with van der Waals surface area (Å²) < 4.78 is 100.